The van der Waals surface area contributed by atoms with Crippen LogP contribution in [-0.4, -0.2) is 43.7 Å². The van der Waals surface area contributed by atoms with Crippen molar-refractivity contribution in [2.75, 3.05) is 26.8 Å². The minimum absolute atomic E-state index is 0.0272. The van der Waals surface area contributed by atoms with E-state index in [1.807, 2.05) is 13.8 Å². The Morgan fingerprint density at radius 1 is 1.57 bits per heavy atom. The van der Waals surface area contributed by atoms with Crippen molar-refractivity contribution in [2.45, 2.75) is 32.7 Å². The van der Waals surface area contributed by atoms with E-state index < -0.39 is 0 Å². The third kappa shape index (κ3) is 5.19. The number of nitrogens with two attached hydrogens (primary N) is 1. The van der Waals surface area contributed by atoms with Gasteiger partial charge >= 0.3 is 0 Å². The van der Waals surface area contributed by atoms with Crippen LogP contribution in [0.2, 0.25) is 0 Å². The fraction of sp³-hybridized carbons (Fsp3) is 0.900. The molecule has 4 heteroatoms. The van der Waals surface area contributed by atoms with Crippen molar-refractivity contribution < 1.29 is 9.53 Å². The Morgan fingerprint density at radius 3 is 2.71 bits per heavy atom. The predicted molar refractivity (Wildman–Crippen MR) is 57.0 cm³/mol. The number of carbonyl (C=O) groups is 1. The van der Waals surface area contributed by atoms with E-state index in [4.69, 9.17) is 10.5 Å². The van der Waals surface area contributed by atoms with Gasteiger partial charge in [-0.2, -0.15) is 0 Å². The first-order valence-electron chi connectivity index (χ1n) is 5.17. The predicted octanol–water partition coefficient (Wildman–Crippen LogP) is 0.609. The molecule has 0 fully saturated rings. The number of rotatable bonds is 7. The van der Waals surface area contributed by atoms with Crippen LogP contribution in [0.5, 0.6) is 0 Å². The third-order valence-corrected chi connectivity index (χ3v) is 2.21. The summed E-state index contributed by atoms with van der Waals surface area (Å²) in [6.45, 7) is 5.44. The van der Waals surface area contributed by atoms with Gasteiger partial charge in [0.1, 0.15) is 6.61 Å². The molecule has 0 aromatic heterocycles. The van der Waals surface area contributed by atoms with E-state index in [0.717, 1.165) is 12.8 Å². The first-order chi connectivity index (χ1) is 6.63. The Kier molecular flexibility index (Phi) is 7.42. The van der Waals surface area contributed by atoms with Crippen LogP contribution < -0.4 is 5.73 Å². The Bertz CT molecular complexity index is 162. The summed E-state index contributed by atoms with van der Waals surface area (Å²) in [5.41, 5.74) is 5.42. The van der Waals surface area contributed by atoms with Crippen LogP contribution in [0.25, 0.3) is 0 Å². The van der Waals surface area contributed by atoms with Crippen LogP contribution in [0.15, 0.2) is 0 Å². The van der Waals surface area contributed by atoms with Crippen molar-refractivity contribution in [2.24, 2.45) is 5.73 Å². The van der Waals surface area contributed by atoms with Crippen LogP contribution in [0, 0.1) is 0 Å². The van der Waals surface area contributed by atoms with E-state index in [2.05, 4.69) is 0 Å². The monoisotopic (exact) mass is 202 g/mol. The smallest absolute Gasteiger partial charge is 0.248 e. The molecule has 0 bridgehead atoms. The zero-order chi connectivity index (χ0) is 11.0. The number of nitrogens with zero attached hydrogens (tertiary/aromatic N) is 1. The molecular formula is C10H22N2O2. The molecule has 4 nitrogen and oxygen atoms in total. The number of carbonyl (C=O) groups excluding carboxylic acids is 1. The highest BCUT2D eigenvalue weighted by atomic mass is 16.5. The van der Waals surface area contributed by atoms with E-state index in [9.17, 15) is 4.79 Å². The summed E-state index contributed by atoms with van der Waals surface area (Å²) in [7, 11) is 1.79. The lowest BCUT2D eigenvalue weighted by molar-refractivity contribution is -0.136. The SMILES string of the molecule is CCCOCC(=O)N(C)C(C)CCN. The molecule has 1 unspecified atom stereocenters. The lowest BCUT2D eigenvalue weighted by atomic mass is 10.2. The molecule has 0 radical (unpaired) electrons. The maximum absolute atomic E-state index is 11.5. The van der Waals surface area contributed by atoms with Crippen molar-refractivity contribution in [1.82, 2.24) is 4.90 Å². The number of likely N-dealkylation sites (N-methyl/N-ethyl adjacent to an activating group) is 1. The van der Waals surface area contributed by atoms with Gasteiger partial charge in [0.15, 0.2) is 0 Å². The Balaban J connectivity index is 3.74. The van der Waals surface area contributed by atoms with Crippen LogP contribution >= 0.6 is 0 Å². The van der Waals surface area contributed by atoms with Gasteiger partial charge in [0.25, 0.3) is 0 Å². The van der Waals surface area contributed by atoms with Crippen LogP contribution in [0.1, 0.15) is 26.7 Å². The molecule has 2 N–H and O–H groups in total. The number of hydrogen-bond acceptors (Lipinski definition) is 3. The van der Waals surface area contributed by atoms with Gasteiger partial charge in [0, 0.05) is 19.7 Å². The van der Waals surface area contributed by atoms with Crippen molar-refractivity contribution in [3.05, 3.63) is 0 Å². The van der Waals surface area contributed by atoms with Gasteiger partial charge in [0.2, 0.25) is 5.91 Å². The van der Waals surface area contributed by atoms with Crippen LogP contribution in [0.3, 0.4) is 0 Å². The molecule has 0 aliphatic rings. The van der Waals surface area contributed by atoms with Gasteiger partial charge in [-0.1, -0.05) is 6.92 Å². The normalized spacial score (nSPS) is 12.6. The van der Waals surface area contributed by atoms with Crippen molar-refractivity contribution in [3.63, 3.8) is 0 Å². The van der Waals surface area contributed by atoms with Gasteiger partial charge in [-0.15, -0.1) is 0 Å². The fourth-order valence-corrected chi connectivity index (χ4v) is 1.09. The highest BCUT2D eigenvalue weighted by Gasteiger charge is 2.14. The average Bonchev–Trinajstić information content (AvgIpc) is 2.17. The number of ether oxygens (including phenoxy) is 1. The van der Waals surface area contributed by atoms with Gasteiger partial charge in [0.05, 0.1) is 0 Å². The first-order valence-corrected chi connectivity index (χ1v) is 5.17. The second kappa shape index (κ2) is 7.76. The van der Waals surface area contributed by atoms with E-state index in [0.29, 0.717) is 13.2 Å². The molecule has 1 atom stereocenters. The zero-order valence-corrected chi connectivity index (χ0v) is 9.45. The maximum Gasteiger partial charge on any atom is 0.248 e. The van der Waals surface area contributed by atoms with Crippen molar-refractivity contribution in [3.8, 4) is 0 Å². The highest BCUT2D eigenvalue weighted by Crippen LogP contribution is 2.00. The van der Waals surface area contributed by atoms with E-state index in [1.54, 1.807) is 11.9 Å². The summed E-state index contributed by atoms with van der Waals surface area (Å²) in [6, 6.07) is 0.192. The van der Waals surface area contributed by atoms with E-state index >= 15 is 0 Å². The molecule has 0 spiro atoms. The number of amides is 1. The summed E-state index contributed by atoms with van der Waals surface area (Å²) >= 11 is 0. The highest BCUT2D eigenvalue weighted by molar-refractivity contribution is 5.77. The summed E-state index contributed by atoms with van der Waals surface area (Å²) in [5, 5.41) is 0. The molecule has 1 amide bonds. The van der Waals surface area contributed by atoms with Gasteiger partial charge in [-0.3, -0.25) is 4.79 Å². The van der Waals surface area contributed by atoms with Crippen molar-refractivity contribution >= 4 is 5.91 Å². The average molecular weight is 202 g/mol. The Morgan fingerprint density at radius 2 is 2.21 bits per heavy atom. The van der Waals surface area contributed by atoms with Crippen LogP contribution in [-0.2, 0) is 9.53 Å². The second-order valence-corrected chi connectivity index (χ2v) is 3.48. The third-order valence-electron chi connectivity index (χ3n) is 2.21. The summed E-state index contributed by atoms with van der Waals surface area (Å²) < 4.78 is 5.17. The molecule has 0 aliphatic carbocycles. The minimum Gasteiger partial charge on any atom is -0.372 e. The minimum atomic E-state index is 0.0272. The molecule has 0 saturated carbocycles. The van der Waals surface area contributed by atoms with Gasteiger partial charge < -0.3 is 15.4 Å². The first kappa shape index (κ1) is 13.4. The van der Waals surface area contributed by atoms with Crippen molar-refractivity contribution in [1.29, 1.82) is 0 Å². The fourth-order valence-electron chi connectivity index (χ4n) is 1.09. The van der Waals surface area contributed by atoms with Gasteiger partial charge in [-0.25, -0.2) is 0 Å². The molecule has 0 rings (SSSR count). The standard InChI is InChI=1S/C10H22N2O2/c1-4-7-14-8-10(13)12(3)9(2)5-6-11/h9H,4-8,11H2,1-3H3. The summed E-state index contributed by atoms with van der Waals surface area (Å²) in [6.07, 6.45) is 1.77. The largest absolute Gasteiger partial charge is 0.372 e. The molecule has 0 aliphatic heterocycles. The maximum atomic E-state index is 11.5. The molecule has 0 saturated heterocycles. The molecule has 14 heavy (non-hydrogen) atoms. The molecular weight excluding hydrogens is 180 g/mol. The van der Waals surface area contributed by atoms with E-state index in [1.165, 1.54) is 0 Å². The van der Waals surface area contributed by atoms with Gasteiger partial charge in [-0.05, 0) is 26.3 Å². The summed E-state index contributed by atoms with van der Waals surface area (Å²) in [4.78, 5) is 13.2. The molecule has 0 heterocycles. The molecule has 0 aromatic rings. The number of hydrogen-bond donors (Lipinski definition) is 1. The summed E-state index contributed by atoms with van der Waals surface area (Å²) in [5.74, 6) is 0.0272. The topological polar surface area (TPSA) is 55.6 Å². The lowest BCUT2D eigenvalue weighted by Gasteiger charge is -2.24. The van der Waals surface area contributed by atoms with Crippen LogP contribution in [0.4, 0.5) is 0 Å². The quantitative estimate of drug-likeness (QED) is 0.615. The zero-order valence-electron chi connectivity index (χ0n) is 9.45. The molecule has 84 valence electrons. The molecule has 0 aromatic carbocycles. The lowest BCUT2D eigenvalue weighted by Crippen LogP contribution is -2.38. The second-order valence-electron chi connectivity index (χ2n) is 3.48. The Hall–Kier alpha value is -0.610. The van der Waals surface area contributed by atoms with E-state index in [-0.39, 0.29) is 18.6 Å². The Labute approximate surface area is 86.4 Å².